The molecule has 1 aromatic carbocycles. The van der Waals surface area contributed by atoms with Crippen LogP contribution < -0.4 is 11.1 Å². The first-order valence-corrected chi connectivity index (χ1v) is 6.15. The number of primary amides is 1. The summed E-state index contributed by atoms with van der Waals surface area (Å²) in [5, 5.41) is 13.9. The molecule has 0 aliphatic rings. The quantitative estimate of drug-likeness (QED) is 0.642. The van der Waals surface area contributed by atoms with Crippen molar-refractivity contribution in [2.45, 2.75) is 19.9 Å². The molecule has 0 saturated heterocycles. The number of carbonyl (C=O) groups excluding carboxylic acids is 1. The summed E-state index contributed by atoms with van der Waals surface area (Å²) in [5.74, 6) is 0.373. The van der Waals surface area contributed by atoms with E-state index < -0.39 is 16.9 Å². The fourth-order valence-electron chi connectivity index (χ4n) is 1.83. The normalized spacial score (nSPS) is 11.9. The number of nitrogens with one attached hydrogen (secondary N) is 1. The van der Waals surface area contributed by atoms with E-state index in [1.165, 1.54) is 18.2 Å². The minimum Gasteiger partial charge on any atom is -0.444 e. The number of hydrogen-bond acceptors (Lipinski definition) is 6. The van der Waals surface area contributed by atoms with Crippen molar-refractivity contribution >= 4 is 17.3 Å². The van der Waals surface area contributed by atoms with E-state index in [1.807, 2.05) is 0 Å². The first-order valence-electron chi connectivity index (χ1n) is 6.15. The Hall–Kier alpha value is -2.90. The molecule has 3 N–H and O–H groups in total. The summed E-state index contributed by atoms with van der Waals surface area (Å²) in [6, 6.07) is 3.48. The van der Waals surface area contributed by atoms with Gasteiger partial charge in [-0.05, 0) is 26.0 Å². The van der Waals surface area contributed by atoms with Crippen LogP contribution in [0.3, 0.4) is 0 Å². The number of benzene rings is 1. The van der Waals surface area contributed by atoms with E-state index in [1.54, 1.807) is 20.0 Å². The molecule has 1 unspecified atom stereocenters. The number of nitro groups is 1. The lowest BCUT2D eigenvalue weighted by Gasteiger charge is -2.12. The molecule has 0 fully saturated rings. The predicted octanol–water partition coefficient (Wildman–Crippen LogP) is 2.16. The van der Waals surface area contributed by atoms with Crippen molar-refractivity contribution in [3.05, 3.63) is 51.7 Å². The minimum absolute atomic E-state index is 0.157. The van der Waals surface area contributed by atoms with E-state index >= 15 is 0 Å². The number of nitrogens with two attached hydrogens (primary N) is 1. The Morgan fingerprint density at radius 2 is 2.24 bits per heavy atom. The summed E-state index contributed by atoms with van der Waals surface area (Å²) in [6.07, 6.45) is 1.56. The van der Waals surface area contributed by atoms with Crippen molar-refractivity contribution < 1.29 is 14.1 Å². The van der Waals surface area contributed by atoms with Gasteiger partial charge in [0.2, 0.25) is 11.8 Å². The molecule has 0 spiro atoms. The summed E-state index contributed by atoms with van der Waals surface area (Å²) in [4.78, 5) is 25.7. The predicted molar refractivity (Wildman–Crippen MR) is 74.9 cm³/mol. The van der Waals surface area contributed by atoms with Gasteiger partial charge in [0.15, 0.2) is 0 Å². The Kier molecular flexibility index (Phi) is 3.88. The molecule has 8 heteroatoms. The first-order chi connectivity index (χ1) is 9.88. The molecule has 2 rings (SSSR count). The lowest BCUT2D eigenvalue weighted by molar-refractivity contribution is -0.384. The Labute approximate surface area is 120 Å². The van der Waals surface area contributed by atoms with Gasteiger partial charge in [0.05, 0.1) is 11.1 Å². The highest BCUT2D eigenvalue weighted by atomic mass is 16.6. The largest absolute Gasteiger partial charge is 0.444 e. The third-order valence-electron chi connectivity index (χ3n) is 2.86. The summed E-state index contributed by atoms with van der Waals surface area (Å²) >= 11 is 0. The van der Waals surface area contributed by atoms with Crippen LogP contribution in [0.5, 0.6) is 0 Å². The maximum Gasteiger partial charge on any atom is 0.292 e. The molecule has 0 bridgehead atoms. The molecule has 2 aromatic rings. The monoisotopic (exact) mass is 290 g/mol. The van der Waals surface area contributed by atoms with Crippen molar-refractivity contribution in [1.29, 1.82) is 0 Å². The van der Waals surface area contributed by atoms with Gasteiger partial charge in [-0.2, -0.15) is 0 Å². The van der Waals surface area contributed by atoms with Crippen molar-refractivity contribution in [1.82, 2.24) is 4.98 Å². The molecule has 21 heavy (non-hydrogen) atoms. The molecular weight excluding hydrogens is 276 g/mol. The zero-order chi connectivity index (χ0) is 15.6. The van der Waals surface area contributed by atoms with Crippen LogP contribution >= 0.6 is 0 Å². The molecular formula is C13H14N4O4. The van der Waals surface area contributed by atoms with Crippen LogP contribution in [0.2, 0.25) is 0 Å². The number of nitrogens with zero attached hydrogens (tertiary/aromatic N) is 2. The number of nitro benzene ring substituents is 1. The van der Waals surface area contributed by atoms with E-state index in [0.29, 0.717) is 11.7 Å². The maximum atomic E-state index is 11.2. The van der Waals surface area contributed by atoms with E-state index in [-0.39, 0.29) is 16.9 Å². The molecule has 0 aliphatic carbocycles. The van der Waals surface area contributed by atoms with Crippen molar-refractivity contribution in [3.8, 4) is 0 Å². The van der Waals surface area contributed by atoms with Gasteiger partial charge in [0.25, 0.3) is 5.69 Å². The Bertz CT molecular complexity index is 695. The molecule has 1 heterocycles. The Morgan fingerprint density at radius 1 is 1.52 bits per heavy atom. The molecule has 0 aliphatic heterocycles. The van der Waals surface area contributed by atoms with Gasteiger partial charge < -0.3 is 15.5 Å². The molecule has 1 amide bonds. The first kappa shape index (κ1) is 14.5. The lowest BCUT2D eigenvalue weighted by Crippen LogP contribution is -2.13. The molecule has 110 valence electrons. The standard InChI is InChI=1S/C13H14N4O4/c1-7-6-15-13(21-7)8(2)16-10-5-9(12(14)18)3-4-11(10)17(19)20/h3-6,8,16H,1-2H3,(H2,14,18). The van der Waals surface area contributed by atoms with Crippen LogP contribution in [-0.2, 0) is 0 Å². The number of carbonyl (C=O) groups is 1. The van der Waals surface area contributed by atoms with Crippen LogP contribution in [0, 0.1) is 17.0 Å². The zero-order valence-corrected chi connectivity index (χ0v) is 11.5. The van der Waals surface area contributed by atoms with E-state index in [2.05, 4.69) is 10.3 Å². The number of rotatable bonds is 5. The molecule has 8 nitrogen and oxygen atoms in total. The third kappa shape index (κ3) is 3.16. The Morgan fingerprint density at radius 3 is 2.76 bits per heavy atom. The van der Waals surface area contributed by atoms with E-state index in [9.17, 15) is 14.9 Å². The molecule has 0 radical (unpaired) electrons. The van der Waals surface area contributed by atoms with E-state index in [4.69, 9.17) is 10.2 Å². The average Bonchev–Trinajstić information content (AvgIpc) is 2.85. The number of amides is 1. The minimum atomic E-state index is -0.660. The van der Waals surface area contributed by atoms with Gasteiger partial charge in [-0.15, -0.1) is 0 Å². The van der Waals surface area contributed by atoms with Gasteiger partial charge in [-0.25, -0.2) is 4.98 Å². The fourth-order valence-corrected chi connectivity index (χ4v) is 1.83. The molecule has 1 aromatic heterocycles. The summed E-state index contributed by atoms with van der Waals surface area (Å²) in [6.45, 7) is 3.49. The Balaban J connectivity index is 2.34. The van der Waals surface area contributed by atoms with Crippen LogP contribution in [0.25, 0.3) is 0 Å². The average molecular weight is 290 g/mol. The second-order valence-corrected chi connectivity index (χ2v) is 4.53. The van der Waals surface area contributed by atoms with Crippen LogP contribution in [-0.4, -0.2) is 15.8 Å². The molecule has 1 atom stereocenters. The van der Waals surface area contributed by atoms with Gasteiger partial charge in [0, 0.05) is 11.6 Å². The highest BCUT2D eigenvalue weighted by Crippen LogP contribution is 2.29. The van der Waals surface area contributed by atoms with Crippen molar-refractivity contribution in [2.24, 2.45) is 5.73 Å². The number of hydrogen-bond donors (Lipinski definition) is 2. The SMILES string of the molecule is Cc1cnc(C(C)Nc2cc(C(N)=O)ccc2[N+](=O)[O-])o1. The van der Waals surface area contributed by atoms with Crippen molar-refractivity contribution in [2.75, 3.05) is 5.32 Å². The maximum absolute atomic E-state index is 11.2. The second-order valence-electron chi connectivity index (χ2n) is 4.53. The number of anilines is 1. The number of aryl methyl sites for hydroxylation is 1. The van der Waals surface area contributed by atoms with Gasteiger partial charge in [-0.1, -0.05) is 0 Å². The smallest absolute Gasteiger partial charge is 0.292 e. The fraction of sp³-hybridized carbons (Fsp3) is 0.231. The number of aromatic nitrogens is 1. The van der Waals surface area contributed by atoms with Crippen LogP contribution in [0.4, 0.5) is 11.4 Å². The number of oxazole rings is 1. The summed E-state index contributed by atoms with van der Waals surface area (Å²) < 4.78 is 5.36. The summed E-state index contributed by atoms with van der Waals surface area (Å²) in [5.41, 5.74) is 5.39. The summed E-state index contributed by atoms with van der Waals surface area (Å²) in [7, 11) is 0. The van der Waals surface area contributed by atoms with Gasteiger partial charge in [0.1, 0.15) is 17.5 Å². The van der Waals surface area contributed by atoms with Crippen LogP contribution in [0.15, 0.2) is 28.8 Å². The van der Waals surface area contributed by atoms with Crippen molar-refractivity contribution in [3.63, 3.8) is 0 Å². The van der Waals surface area contributed by atoms with E-state index in [0.717, 1.165) is 0 Å². The second kappa shape index (κ2) is 5.61. The van der Waals surface area contributed by atoms with Gasteiger partial charge in [-0.3, -0.25) is 14.9 Å². The van der Waals surface area contributed by atoms with Gasteiger partial charge >= 0.3 is 0 Å². The topological polar surface area (TPSA) is 124 Å². The molecule has 0 saturated carbocycles. The third-order valence-corrected chi connectivity index (χ3v) is 2.86. The van der Waals surface area contributed by atoms with Crippen LogP contribution in [0.1, 0.15) is 35.0 Å². The zero-order valence-electron chi connectivity index (χ0n) is 11.5. The lowest BCUT2D eigenvalue weighted by atomic mass is 10.1. The highest BCUT2D eigenvalue weighted by molar-refractivity contribution is 5.94. The highest BCUT2D eigenvalue weighted by Gasteiger charge is 2.19.